The van der Waals surface area contributed by atoms with Gasteiger partial charge >= 0.3 is 0 Å². The summed E-state index contributed by atoms with van der Waals surface area (Å²) in [6, 6.07) is 6.34. The molecule has 2 atom stereocenters. The van der Waals surface area contributed by atoms with Gasteiger partial charge in [0.2, 0.25) is 5.91 Å². The Hall–Kier alpha value is -1.84. The Labute approximate surface area is 112 Å². The van der Waals surface area contributed by atoms with E-state index in [2.05, 4.69) is 41.7 Å². The molecule has 1 aromatic heterocycles. The Morgan fingerprint density at radius 2 is 2.37 bits per heavy atom. The van der Waals surface area contributed by atoms with E-state index in [1.165, 1.54) is 10.9 Å². The van der Waals surface area contributed by atoms with Crippen LogP contribution in [-0.4, -0.2) is 22.2 Å². The van der Waals surface area contributed by atoms with E-state index in [1.807, 2.05) is 4.68 Å². The summed E-state index contributed by atoms with van der Waals surface area (Å²) in [5, 5.41) is 8.72. The number of nitrogens with one attached hydrogen (secondary N) is 1. The van der Waals surface area contributed by atoms with Crippen LogP contribution >= 0.6 is 0 Å². The molecule has 0 saturated heterocycles. The lowest BCUT2D eigenvalue weighted by molar-refractivity contribution is -0.119. The molecule has 0 aliphatic heterocycles. The van der Waals surface area contributed by atoms with Gasteiger partial charge in [-0.1, -0.05) is 12.1 Å². The van der Waals surface area contributed by atoms with Crippen LogP contribution in [-0.2, 0) is 11.3 Å². The number of carbonyl (C=O) groups excluding carboxylic acids is 1. The number of carbonyl (C=O) groups is 1. The SMILES string of the molecule is CCn1cc2c(C3CC3CNC(C)=O)cccc2n1. The molecule has 0 radical (unpaired) electrons. The van der Waals surface area contributed by atoms with Crippen LogP contribution in [0.4, 0.5) is 0 Å². The number of amides is 1. The van der Waals surface area contributed by atoms with Crippen LogP contribution < -0.4 is 5.32 Å². The third-order valence-corrected chi connectivity index (χ3v) is 3.89. The summed E-state index contributed by atoms with van der Waals surface area (Å²) in [5.41, 5.74) is 2.46. The van der Waals surface area contributed by atoms with E-state index in [4.69, 9.17) is 0 Å². The zero-order valence-corrected chi connectivity index (χ0v) is 11.4. The van der Waals surface area contributed by atoms with Crippen molar-refractivity contribution in [2.24, 2.45) is 5.92 Å². The number of fused-ring (bicyclic) bond motifs is 1. The van der Waals surface area contributed by atoms with Crippen LogP contribution in [0.1, 0.15) is 31.7 Å². The molecule has 100 valence electrons. The van der Waals surface area contributed by atoms with E-state index < -0.39 is 0 Å². The topological polar surface area (TPSA) is 46.9 Å². The second-order valence-corrected chi connectivity index (χ2v) is 5.30. The van der Waals surface area contributed by atoms with E-state index in [9.17, 15) is 4.79 Å². The molecule has 1 fully saturated rings. The van der Waals surface area contributed by atoms with Crippen LogP contribution in [0, 0.1) is 5.92 Å². The summed E-state index contributed by atoms with van der Waals surface area (Å²) < 4.78 is 1.99. The number of aryl methyl sites for hydroxylation is 1. The third-order valence-electron chi connectivity index (χ3n) is 3.89. The van der Waals surface area contributed by atoms with E-state index >= 15 is 0 Å². The van der Waals surface area contributed by atoms with Gasteiger partial charge in [0.1, 0.15) is 0 Å². The van der Waals surface area contributed by atoms with Gasteiger partial charge in [-0.05, 0) is 36.8 Å². The summed E-state index contributed by atoms with van der Waals surface area (Å²) in [5.74, 6) is 1.21. The van der Waals surface area contributed by atoms with Gasteiger partial charge in [0, 0.05) is 31.6 Å². The summed E-state index contributed by atoms with van der Waals surface area (Å²) in [4.78, 5) is 10.9. The monoisotopic (exact) mass is 257 g/mol. The van der Waals surface area contributed by atoms with Crippen LogP contribution in [0.2, 0.25) is 0 Å². The summed E-state index contributed by atoms with van der Waals surface area (Å²) in [7, 11) is 0. The van der Waals surface area contributed by atoms with Gasteiger partial charge in [0.15, 0.2) is 0 Å². The van der Waals surface area contributed by atoms with E-state index in [1.54, 1.807) is 6.92 Å². The van der Waals surface area contributed by atoms with Crippen molar-refractivity contribution < 1.29 is 4.79 Å². The lowest BCUT2D eigenvalue weighted by Gasteiger charge is -2.03. The molecule has 2 aromatic rings. The minimum atomic E-state index is 0.0580. The molecule has 1 aromatic carbocycles. The molecule has 0 spiro atoms. The van der Waals surface area contributed by atoms with Crippen molar-refractivity contribution in [1.29, 1.82) is 0 Å². The standard InChI is InChI=1S/C15H19N3O/c1-3-18-9-14-12(5-4-6-15(14)17-18)13-7-11(13)8-16-10(2)19/h4-6,9,11,13H,3,7-8H2,1-2H3,(H,16,19). The maximum absolute atomic E-state index is 10.9. The van der Waals surface area contributed by atoms with Gasteiger partial charge in [0.05, 0.1) is 5.52 Å². The number of hydrogen-bond acceptors (Lipinski definition) is 2. The second kappa shape index (κ2) is 4.68. The Morgan fingerprint density at radius 1 is 1.53 bits per heavy atom. The molecule has 1 saturated carbocycles. The molecule has 4 nitrogen and oxygen atoms in total. The fraction of sp³-hybridized carbons (Fsp3) is 0.467. The van der Waals surface area contributed by atoms with Gasteiger partial charge in [-0.15, -0.1) is 0 Å². The number of benzene rings is 1. The van der Waals surface area contributed by atoms with Gasteiger partial charge in [-0.2, -0.15) is 5.10 Å². The maximum Gasteiger partial charge on any atom is 0.216 e. The summed E-state index contributed by atoms with van der Waals surface area (Å²) in [6.07, 6.45) is 3.30. The fourth-order valence-electron chi connectivity index (χ4n) is 2.73. The first-order valence-electron chi connectivity index (χ1n) is 6.89. The van der Waals surface area contributed by atoms with Crippen molar-refractivity contribution >= 4 is 16.8 Å². The minimum absolute atomic E-state index is 0.0580. The smallest absolute Gasteiger partial charge is 0.216 e. The van der Waals surface area contributed by atoms with Crippen LogP contribution in [0.15, 0.2) is 24.4 Å². The molecule has 3 rings (SSSR count). The first-order chi connectivity index (χ1) is 9.19. The molecular formula is C15H19N3O. The molecule has 1 heterocycles. The van der Waals surface area contributed by atoms with Crippen LogP contribution in [0.25, 0.3) is 10.9 Å². The lowest BCUT2D eigenvalue weighted by Crippen LogP contribution is -2.22. The van der Waals surface area contributed by atoms with Gasteiger partial charge in [-0.25, -0.2) is 0 Å². The highest BCUT2D eigenvalue weighted by Gasteiger charge is 2.39. The van der Waals surface area contributed by atoms with Crippen molar-refractivity contribution in [2.45, 2.75) is 32.7 Å². The Kier molecular flexibility index (Phi) is 3.01. The molecule has 4 heteroatoms. The first kappa shape index (κ1) is 12.2. The average Bonchev–Trinajstić information content (AvgIpc) is 3.04. The highest BCUT2D eigenvalue weighted by Crippen LogP contribution is 2.48. The van der Waals surface area contributed by atoms with Gasteiger partial charge in [0.25, 0.3) is 0 Å². The number of rotatable bonds is 4. The number of hydrogen-bond donors (Lipinski definition) is 1. The quantitative estimate of drug-likeness (QED) is 0.913. The molecule has 19 heavy (non-hydrogen) atoms. The van der Waals surface area contributed by atoms with E-state index in [0.717, 1.165) is 25.0 Å². The Bertz CT molecular complexity index is 617. The van der Waals surface area contributed by atoms with E-state index in [0.29, 0.717) is 11.8 Å². The zero-order chi connectivity index (χ0) is 13.4. The Balaban J connectivity index is 1.82. The van der Waals surface area contributed by atoms with Gasteiger partial charge in [-0.3, -0.25) is 9.48 Å². The third kappa shape index (κ3) is 2.35. The second-order valence-electron chi connectivity index (χ2n) is 5.30. The molecule has 1 amide bonds. The number of aromatic nitrogens is 2. The molecule has 1 N–H and O–H groups in total. The van der Waals surface area contributed by atoms with Crippen molar-refractivity contribution in [3.8, 4) is 0 Å². The van der Waals surface area contributed by atoms with Crippen molar-refractivity contribution in [3.05, 3.63) is 30.0 Å². The predicted molar refractivity (Wildman–Crippen MR) is 74.9 cm³/mol. The van der Waals surface area contributed by atoms with E-state index in [-0.39, 0.29) is 5.91 Å². The zero-order valence-electron chi connectivity index (χ0n) is 11.4. The Morgan fingerprint density at radius 3 is 3.11 bits per heavy atom. The first-order valence-corrected chi connectivity index (χ1v) is 6.89. The molecular weight excluding hydrogens is 238 g/mol. The molecule has 1 aliphatic rings. The molecule has 0 bridgehead atoms. The minimum Gasteiger partial charge on any atom is -0.356 e. The predicted octanol–water partition coefficient (Wildman–Crippen LogP) is 2.30. The molecule has 2 unspecified atom stereocenters. The fourth-order valence-corrected chi connectivity index (χ4v) is 2.73. The van der Waals surface area contributed by atoms with Crippen LogP contribution in [0.5, 0.6) is 0 Å². The number of nitrogens with zero attached hydrogens (tertiary/aromatic N) is 2. The average molecular weight is 257 g/mol. The van der Waals surface area contributed by atoms with Crippen molar-refractivity contribution in [2.75, 3.05) is 6.54 Å². The van der Waals surface area contributed by atoms with Crippen molar-refractivity contribution in [3.63, 3.8) is 0 Å². The largest absolute Gasteiger partial charge is 0.356 e. The summed E-state index contributed by atoms with van der Waals surface area (Å²) in [6.45, 7) is 5.36. The van der Waals surface area contributed by atoms with Crippen molar-refractivity contribution in [1.82, 2.24) is 15.1 Å². The highest BCUT2D eigenvalue weighted by molar-refractivity contribution is 5.83. The lowest BCUT2D eigenvalue weighted by atomic mass is 10.0. The highest BCUT2D eigenvalue weighted by atomic mass is 16.1. The van der Waals surface area contributed by atoms with Gasteiger partial charge < -0.3 is 5.32 Å². The normalized spacial score (nSPS) is 21.6. The molecule has 1 aliphatic carbocycles. The maximum atomic E-state index is 10.9. The van der Waals surface area contributed by atoms with Crippen LogP contribution in [0.3, 0.4) is 0 Å². The summed E-state index contributed by atoms with van der Waals surface area (Å²) >= 11 is 0.